The summed E-state index contributed by atoms with van der Waals surface area (Å²) in [5.74, 6) is 1.92. The van der Waals surface area contributed by atoms with Crippen LogP contribution in [-0.4, -0.2) is 58.4 Å². The second kappa shape index (κ2) is 11.7. The van der Waals surface area contributed by atoms with E-state index in [1.165, 1.54) is 24.0 Å². The molecule has 0 radical (unpaired) electrons. The molecule has 1 aromatic carbocycles. The number of methoxy groups -OCH3 is 1. The van der Waals surface area contributed by atoms with Gasteiger partial charge in [-0.3, -0.25) is 4.99 Å². The van der Waals surface area contributed by atoms with Crippen LogP contribution < -0.4 is 10.1 Å². The highest BCUT2D eigenvalue weighted by Gasteiger charge is 2.37. The van der Waals surface area contributed by atoms with Crippen molar-refractivity contribution in [2.75, 3.05) is 47.5 Å². The lowest BCUT2D eigenvalue weighted by atomic mass is 9.73. The lowest BCUT2D eigenvalue weighted by molar-refractivity contribution is 0.0503. The van der Waals surface area contributed by atoms with Crippen LogP contribution in [0.5, 0.6) is 5.75 Å². The summed E-state index contributed by atoms with van der Waals surface area (Å²) in [6, 6.07) is 6.47. The number of ether oxygens (including phenoxy) is 2. The number of guanidine groups is 1. The van der Waals surface area contributed by atoms with Crippen molar-refractivity contribution >= 4 is 29.9 Å². The van der Waals surface area contributed by atoms with E-state index in [2.05, 4.69) is 54.3 Å². The van der Waals surface area contributed by atoms with Gasteiger partial charge in [0.15, 0.2) is 5.96 Å². The zero-order chi connectivity index (χ0) is 19.0. The van der Waals surface area contributed by atoms with Crippen LogP contribution in [0, 0.1) is 6.92 Å². The molecule has 1 aromatic rings. The Morgan fingerprint density at radius 3 is 2.63 bits per heavy atom. The Hall–Kier alpha value is -1.02. The first-order valence-electron chi connectivity index (χ1n) is 9.71. The third kappa shape index (κ3) is 6.24. The highest BCUT2D eigenvalue weighted by Crippen LogP contribution is 2.40. The number of hydrogen-bond donors (Lipinski definition) is 1. The smallest absolute Gasteiger partial charge is 0.193 e. The second-order valence-electron chi connectivity index (χ2n) is 7.27. The van der Waals surface area contributed by atoms with Crippen LogP contribution in [0.1, 0.15) is 43.7 Å². The average molecular weight is 489 g/mol. The molecule has 2 rings (SSSR count). The van der Waals surface area contributed by atoms with Gasteiger partial charge in [-0.15, -0.1) is 24.0 Å². The van der Waals surface area contributed by atoms with E-state index < -0.39 is 0 Å². The second-order valence-corrected chi connectivity index (χ2v) is 7.27. The van der Waals surface area contributed by atoms with Crippen LogP contribution >= 0.6 is 24.0 Å². The topological polar surface area (TPSA) is 46.1 Å². The fraction of sp³-hybridized carbons (Fsp3) is 0.667. The summed E-state index contributed by atoms with van der Waals surface area (Å²) in [6.45, 7) is 7.76. The molecule has 0 amide bonds. The Morgan fingerprint density at radius 2 is 2.04 bits per heavy atom. The van der Waals surface area contributed by atoms with Crippen molar-refractivity contribution in [1.29, 1.82) is 0 Å². The fourth-order valence-electron chi connectivity index (χ4n) is 3.67. The van der Waals surface area contributed by atoms with Gasteiger partial charge in [-0.25, -0.2) is 0 Å². The summed E-state index contributed by atoms with van der Waals surface area (Å²) in [5, 5.41) is 3.62. The minimum Gasteiger partial charge on any atom is -0.496 e. The van der Waals surface area contributed by atoms with E-state index in [1.54, 1.807) is 7.11 Å². The van der Waals surface area contributed by atoms with Gasteiger partial charge >= 0.3 is 0 Å². The summed E-state index contributed by atoms with van der Waals surface area (Å²) in [7, 11) is 5.72. The monoisotopic (exact) mass is 489 g/mol. The van der Waals surface area contributed by atoms with Gasteiger partial charge in [0.25, 0.3) is 0 Å². The number of rotatable bonds is 7. The van der Waals surface area contributed by atoms with Gasteiger partial charge < -0.3 is 19.7 Å². The van der Waals surface area contributed by atoms with E-state index in [0.717, 1.165) is 50.9 Å². The Kier molecular flexibility index (Phi) is 10.4. The summed E-state index contributed by atoms with van der Waals surface area (Å²) >= 11 is 0. The quantitative estimate of drug-likeness (QED) is 0.358. The van der Waals surface area contributed by atoms with E-state index >= 15 is 0 Å². The first-order chi connectivity index (χ1) is 12.6. The van der Waals surface area contributed by atoms with Gasteiger partial charge in [0.05, 0.1) is 7.11 Å². The zero-order valence-electron chi connectivity index (χ0n) is 17.5. The predicted molar refractivity (Wildman–Crippen MR) is 124 cm³/mol. The highest BCUT2D eigenvalue weighted by atomic mass is 127. The molecule has 1 heterocycles. The van der Waals surface area contributed by atoms with Gasteiger partial charge in [0, 0.05) is 51.4 Å². The molecule has 1 saturated heterocycles. The van der Waals surface area contributed by atoms with E-state index in [4.69, 9.17) is 9.47 Å². The molecule has 6 heteroatoms. The van der Waals surface area contributed by atoms with Crippen LogP contribution in [0.25, 0.3) is 0 Å². The van der Waals surface area contributed by atoms with Crippen molar-refractivity contribution in [3.8, 4) is 5.75 Å². The molecule has 0 saturated carbocycles. The first-order valence-corrected chi connectivity index (χ1v) is 9.71. The summed E-state index contributed by atoms with van der Waals surface area (Å²) in [5.41, 5.74) is 2.54. The number of nitrogens with one attached hydrogen (secondary N) is 1. The Balaban J connectivity index is 0.00000364. The Morgan fingerprint density at radius 1 is 1.33 bits per heavy atom. The predicted octanol–water partition coefficient (Wildman–Crippen LogP) is 3.98. The minimum atomic E-state index is -0.00283. The number of unbranched alkanes of at least 4 members (excludes halogenated alkanes) is 1. The number of aliphatic imine (C=N–C) groups is 1. The molecule has 5 nitrogen and oxygen atoms in total. The molecule has 0 spiro atoms. The third-order valence-electron chi connectivity index (χ3n) is 5.38. The molecule has 1 aliphatic rings. The molecule has 0 aliphatic carbocycles. The molecule has 0 unspecified atom stereocenters. The molecule has 154 valence electrons. The molecule has 0 atom stereocenters. The molecule has 1 N–H and O–H groups in total. The van der Waals surface area contributed by atoms with Crippen molar-refractivity contribution in [3.63, 3.8) is 0 Å². The number of nitrogens with zero attached hydrogens (tertiary/aromatic N) is 2. The molecular weight excluding hydrogens is 453 g/mol. The molecule has 0 aromatic heterocycles. The number of benzene rings is 1. The zero-order valence-corrected chi connectivity index (χ0v) is 19.8. The molecule has 27 heavy (non-hydrogen) atoms. The van der Waals surface area contributed by atoms with Crippen molar-refractivity contribution in [2.45, 2.75) is 44.9 Å². The summed E-state index contributed by atoms with van der Waals surface area (Å²) in [6.07, 6.45) is 4.32. The Bertz CT molecular complexity index is 601. The van der Waals surface area contributed by atoms with Gasteiger partial charge in [0.1, 0.15) is 5.75 Å². The standard InChI is InChI=1S/C21H35N3O2.HI/c1-6-7-12-24(4)20(22-3)23-16-21(10-13-26-14-11-21)18-15-17(2)8-9-19(18)25-5;/h8-9,15H,6-7,10-14,16H2,1-5H3,(H,22,23);1H. The van der Waals surface area contributed by atoms with Crippen LogP contribution in [0.2, 0.25) is 0 Å². The summed E-state index contributed by atoms with van der Waals surface area (Å²) in [4.78, 5) is 6.69. The van der Waals surface area contributed by atoms with Crippen LogP contribution in [0.3, 0.4) is 0 Å². The maximum Gasteiger partial charge on any atom is 0.193 e. The highest BCUT2D eigenvalue weighted by molar-refractivity contribution is 14.0. The molecule has 0 bridgehead atoms. The lowest BCUT2D eigenvalue weighted by Crippen LogP contribution is -2.48. The van der Waals surface area contributed by atoms with Crippen molar-refractivity contribution < 1.29 is 9.47 Å². The van der Waals surface area contributed by atoms with Crippen molar-refractivity contribution in [1.82, 2.24) is 10.2 Å². The van der Waals surface area contributed by atoms with Crippen molar-refractivity contribution in [3.05, 3.63) is 29.3 Å². The molecular formula is C21H36IN3O2. The van der Waals surface area contributed by atoms with Gasteiger partial charge in [0.2, 0.25) is 0 Å². The van der Waals surface area contributed by atoms with Crippen LogP contribution in [0.4, 0.5) is 0 Å². The van der Waals surface area contributed by atoms with Crippen molar-refractivity contribution in [2.24, 2.45) is 4.99 Å². The van der Waals surface area contributed by atoms with Crippen LogP contribution in [0.15, 0.2) is 23.2 Å². The third-order valence-corrected chi connectivity index (χ3v) is 5.38. The number of aryl methyl sites for hydroxylation is 1. The normalized spacial score (nSPS) is 16.4. The van der Waals surface area contributed by atoms with Gasteiger partial charge in [-0.05, 0) is 32.3 Å². The fourth-order valence-corrected chi connectivity index (χ4v) is 3.67. The lowest BCUT2D eigenvalue weighted by Gasteiger charge is -2.39. The SMILES string of the molecule is CCCCN(C)C(=NC)NCC1(c2cc(C)ccc2OC)CCOCC1.I. The number of halogens is 1. The minimum absolute atomic E-state index is 0. The summed E-state index contributed by atoms with van der Waals surface area (Å²) < 4.78 is 11.4. The van der Waals surface area contributed by atoms with Crippen LogP contribution in [-0.2, 0) is 10.2 Å². The van der Waals surface area contributed by atoms with Gasteiger partial charge in [-0.1, -0.05) is 31.0 Å². The first kappa shape index (κ1) is 24.0. The molecule has 1 fully saturated rings. The van der Waals surface area contributed by atoms with E-state index in [1.807, 2.05) is 7.05 Å². The van der Waals surface area contributed by atoms with E-state index in [-0.39, 0.29) is 29.4 Å². The Labute approximate surface area is 181 Å². The van der Waals surface area contributed by atoms with E-state index in [9.17, 15) is 0 Å². The maximum atomic E-state index is 5.70. The average Bonchev–Trinajstić information content (AvgIpc) is 2.67. The van der Waals surface area contributed by atoms with E-state index in [0.29, 0.717) is 0 Å². The maximum absolute atomic E-state index is 5.70. The largest absolute Gasteiger partial charge is 0.496 e. The van der Waals surface area contributed by atoms with Gasteiger partial charge in [-0.2, -0.15) is 0 Å². The number of hydrogen-bond acceptors (Lipinski definition) is 3. The molecule has 1 aliphatic heterocycles.